The molecule has 1 aromatic carbocycles. The molecule has 1 atom stereocenters. The Labute approximate surface area is 125 Å². The van der Waals surface area contributed by atoms with Crippen LogP contribution < -0.4 is 4.74 Å². The molecular weight excluding hydrogens is 323 g/mol. The molecule has 0 saturated carbocycles. The Kier molecular flexibility index (Phi) is 4.17. The number of hydrogen-bond donors (Lipinski definition) is 0. The van der Waals surface area contributed by atoms with Gasteiger partial charge in [0, 0.05) is 35.6 Å². The van der Waals surface area contributed by atoms with E-state index in [1.165, 1.54) is 0 Å². The fraction of sp³-hybridized carbons (Fsp3) is 0.400. The summed E-state index contributed by atoms with van der Waals surface area (Å²) >= 11 is 3.44. The maximum absolute atomic E-state index is 13.0. The van der Waals surface area contributed by atoms with Crippen LogP contribution in [0.25, 0.3) is 10.9 Å². The first-order valence-electron chi connectivity index (χ1n) is 6.76. The summed E-state index contributed by atoms with van der Waals surface area (Å²) in [5.41, 5.74) is 0.913. The molecule has 0 N–H and O–H groups in total. The zero-order valence-electron chi connectivity index (χ0n) is 11.1. The first-order chi connectivity index (χ1) is 9.70. The van der Waals surface area contributed by atoms with Crippen LogP contribution in [-0.2, 0) is 0 Å². The summed E-state index contributed by atoms with van der Waals surface area (Å²) in [6, 6.07) is 9.81. The molecule has 3 nitrogen and oxygen atoms in total. The number of pyridine rings is 1. The van der Waals surface area contributed by atoms with Gasteiger partial charge in [0.05, 0.1) is 5.52 Å². The van der Waals surface area contributed by atoms with E-state index in [1.54, 1.807) is 0 Å². The Balaban J connectivity index is 1.59. The third-order valence-corrected chi connectivity index (χ3v) is 3.99. The summed E-state index contributed by atoms with van der Waals surface area (Å²) in [7, 11) is 0. The van der Waals surface area contributed by atoms with Crippen molar-refractivity contribution in [3.05, 3.63) is 34.8 Å². The third-order valence-electron chi connectivity index (χ3n) is 3.50. The van der Waals surface area contributed by atoms with Crippen LogP contribution in [0.3, 0.4) is 0 Å². The summed E-state index contributed by atoms with van der Waals surface area (Å²) < 4.78 is 19.7. The molecule has 1 saturated heterocycles. The highest BCUT2D eigenvalue weighted by atomic mass is 79.9. The summed E-state index contributed by atoms with van der Waals surface area (Å²) in [5.74, 6) is 0.621. The van der Waals surface area contributed by atoms with Gasteiger partial charge in [0.25, 0.3) is 0 Å². The molecule has 0 spiro atoms. The quantitative estimate of drug-likeness (QED) is 0.854. The molecule has 5 heteroatoms. The predicted molar refractivity (Wildman–Crippen MR) is 80.9 cm³/mol. The number of alkyl halides is 1. The van der Waals surface area contributed by atoms with Crippen molar-refractivity contribution < 1.29 is 9.13 Å². The molecule has 0 aliphatic carbocycles. The van der Waals surface area contributed by atoms with Crippen LogP contribution in [0.4, 0.5) is 4.39 Å². The van der Waals surface area contributed by atoms with Crippen LogP contribution in [0.2, 0.25) is 0 Å². The van der Waals surface area contributed by atoms with Crippen molar-refractivity contribution >= 4 is 26.8 Å². The summed E-state index contributed by atoms with van der Waals surface area (Å²) in [6.07, 6.45) is -0.0319. The molecule has 1 fully saturated rings. The van der Waals surface area contributed by atoms with Gasteiger partial charge in [0.2, 0.25) is 5.88 Å². The largest absolute Gasteiger partial charge is 0.476 e. The van der Waals surface area contributed by atoms with Crippen molar-refractivity contribution in [3.8, 4) is 5.88 Å². The fourth-order valence-electron chi connectivity index (χ4n) is 2.43. The Morgan fingerprint density at radius 2 is 2.25 bits per heavy atom. The van der Waals surface area contributed by atoms with Crippen molar-refractivity contribution in [3.63, 3.8) is 0 Å². The lowest BCUT2D eigenvalue weighted by atomic mass is 10.2. The molecule has 2 heterocycles. The molecule has 106 valence electrons. The first-order valence-corrected chi connectivity index (χ1v) is 7.55. The molecule has 0 unspecified atom stereocenters. The molecule has 20 heavy (non-hydrogen) atoms. The average Bonchev–Trinajstić information content (AvgIpc) is 2.85. The highest BCUT2D eigenvalue weighted by molar-refractivity contribution is 9.10. The number of halogens is 2. The maximum Gasteiger partial charge on any atom is 0.213 e. The highest BCUT2D eigenvalue weighted by Gasteiger charge is 2.21. The third kappa shape index (κ3) is 3.27. The topological polar surface area (TPSA) is 25.4 Å². The van der Waals surface area contributed by atoms with Gasteiger partial charge in [-0.15, -0.1) is 0 Å². The molecule has 1 aromatic heterocycles. The van der Waals surface area contributed by atoms with Crippen molar-refractivity contribution in [1.29, 1.82) is 0 Å². The van der Waals surface area contributed by atoms with E-state index in [1.807, 2.05) is 30.3 Å². The van der Waals surface area contributed by atoms with Crippen LogP contribution in [0.1, 0.15) is 6.42 Å². The molecule has 0 amide bonds. The van der Waals surface area contributed by atoms with Gasteiger partial charge in [0.1, 0.15) is 12.8 Å². The Hall–Kier alpha value is -1.20. The van der Waals surface area contributed by atoms with Gasteiger partial charge in [-0.25, -0.2) is 9.37 Å². The second-order valence-electron chi connectivity index (χ2n) is 5.02. The number of nitrogens with zero attached hydrogens (tertiary/aromatic N) is 2. The molecule has 0 radical (unpaired) electrons. The predicted octanol–water partition coefficient (Wildman–Crippen LogP) is 3.42. The minimum absolute atomic E-state index is 0.530. The van der Waals surface area contributed by atoms with E-state index < -0.39 is 6.17 Å². The zero-order chi connectivity index (χ0) is 13.9. The standard InChI is InChI=1S/C15H16BrFN2O/c16-12-2-3-14-11(9-12)1-4-15(18-14)20-8-7-19-6-5-13(17)10-19/h1-4,9,13H,5-8,10H2/t13-/m0/s1. The molecule has 0 bridgehead atoms. The number of ether oxygens (including phenoxy) is 1. The van der Waals surface area contributed by atoms with Crippen molar-refractivity contribution in [2.24, 2.45) is 0 Å². The summed E-state index contributed by atoms with van der Waals surface area (Å²) in [5, 5.41) is 1.08. The van der Waals surface area contributed by atoms with Gasteiger partial charge in [0.15, 0.2) is 0 Å². The Morgan fingerprint density at radius 1 is 1.35 bits per heavy atom. The number of benzene rings is 1. The number of likely N-dealkylation sites (tertiary alicyclic amines) is 1. The van der Waals surface area contributed by atoms with Gasteiger partial charge < -0.3 is 4.74 Å². The van der Waals surface area contributed by atoms with Gasteiger partial charge in [-0.2, -0.15) is 0 Å². The minimum atomic E-state index is -0.674. The number of fused-ring (bicyclic) bond motifs is 1. The lowest BCUT2D eigenvalue weighted by Crippen LogP contribution is -2.26. The maximum atomic E-state index is 13.0. The second-order valence-corrected chi connectivity index (χ2v) is 5.94. The fourth-order valence-corrected chi connectivity index (χ4v) is 2.80. The normalized spacial score (nSPS) is 19.6. The number of rotatable bonds is 4. The van der Waals surface area contributed by atoms with E-state index in [4.69, 9.17) is 4.74 Å². The summed E-state index contributed by atoms with van der Waals surface area (Å²) in [4.78, 5) is 6.55. The zero-order valence-corrected chi connectivity index (χ0v) is 12.6. The van der Waals surface area contributed by atoms with Crippen LogP contribution in [0.15, 0.2) is 34.8 Å². The van der Waals surface area contributed by atoms with Gasteiger partial charge in [-0.3, -0.25) is 4.90 Å². The lowest BCUT2D eigenvalue weighted by Gasteiger charge is -2.14. The van der Waals surface area contributed by atoms with Crippen LogP contribution in [0, 0.1) is 0 Å². The van der Waals surface area contributed by atoms with Crippen LogP contribution >= 0.6 is 15.9 Å². The van der Waals surface area contributed by atoms with E-state index in [0.29, 0.717) is 25.5 Å². The van der Waals surface area contributed by atoms with Gasteiger partial charge >= 0.3 is 0 Å². The Bertz CT molecular complexity index is 607. The van der Waals surface area contributed by atoms with E-state index in [9.17, 15) is 4.39 Å². The highest BCUT2D eigenvalue weighted by Crippen LogP contribution is 2.21. The van der Waals surface area contributed by atoms with Crippen molar-refractivity contribution in [2.45, 2.75) is 12.6 Å². The molecule has 3 rings (SSSR count). The smallest absolute Gasteiger partial charge is 0.213 e. The average molecular weight is 339 g/mol. The lowest BCUT2D eigenvalue weighted by molar-refractivity contribution is 0.220. The molecular formula is C15H16BrFN2O. The van der Waals surface area contributed by atoms with E-state index in [0.717, 1.165) is 28.5 Å². The van der Waals surface area contributed by atoms with Gasteiger partial charge in [-0.1, -0.05) is 15.9 Å². The molecule has 1 aliphatic heterocycles. The second kappa shape index (κ2) is 6.06. The van der Waals surface area contributed by atoms with Crippen LogP contribution in [0.5, 0.6) is 5.88 Å². The van der Waals surface area contributed by atoms with E-state index in [-0.39, 0.29) is 0 Å². The summed E-state index contributed by atoms with van der Waals surface area (Å²) in [6.45, 7) is 2.65. The molecule has 1 aliphatic rings. The van der Waals surface area contributed by atoms with Crippen molar-refractivity contribution in [2.75, 3.05) is 26.2 Å². The van der Waals surface area contributed by atoms with Crippen LogP contribution in [-0.4, -0.2) is 42.3 Å². The monoisotopic (exact) mass is 338 g/mol. The SMILES string of the molecule is F[C@H]1CCN(CCOc2ccc3cc(Br)ccc3n2)C1. The van der Waals surface area contributed by atoms with E-state index >= 15 is 0 Å². The Morgan fingerprint density at radius 3 is 3.05 bits per heavy atom. The first kappa shape index (κ1) is 13.8. The van der Waals surface area contributed by atoms with E-state index in [2.05, 4.69) is 25.8 Å². The van der Waals surface area contributed by atoms with Crippen molar-refractivity contribution in [1.82, 2.24) is 9.88 Å². The number of aromatic nitrogens is 1. The molecule has 2 aromatic rings. The minimum Gasteiger partial charge on any atom is -0.476 e. The van der Waals surface area contributed by atoms with Gasteiger partial charge in [-0.05, 0) is 30.7 Å². The number of hydrogen-bond acceptors (Lipinski definition) is 3.